The third-order valence-electron chi connectivity index (χ3n) is 4.65. The molecule has 25 heavy (non-hydrogen) atoms. The molecule has 4 nitrogen and oxygen atoms in total. The number of Topliss-reactive ketones (excluding diaryl/α,β-unsaturated/α-hetero) is 1. The van der Waals surface area contributed by atoms with Crippen LogP contribution in [0.3, 0.4) is 0 Å². The van der Waals surface area contributed by atoms with Crippen molar-refractivity contribution in [3.05, 3.63) is 76.3 Å². The highest BCUT2D eigenvalue weighted by atomic mass is 79.9. The van der Waals surface area contributed by atoms with Crippen molar-refractivity contribution in [2.75, 3.05) is 5.32 Å². The minimum atomic E-state index is -1.68. The van der Waals surface area contributed by atoms with E-state index >= 15 is 0 Å². The molecule has 0 saturated heterocycles. The largest absolute Gasteiger partial charge is 0.479 e. The van der Waals surface area contributed by atoms with Gasteiger partial charge in [0, 0.05) is 21.8 Å². The first-order valence-electron chi connectivity index (χ1n) is 7.84. The summed E-state index contributed by atoms with van der Waals surface area (Å²) >= 11 is 3.36. The maximum atomic E-state index is 13.0. The van der Waals surface area contributed by atoms with Crippen molar-refractivity contribution >= 4 is 44.1 Å². The number of carbonyl (C=O) groups is 2. The Morgan fingerprint density at radius 1 is 1.04 bits per heavy atom. The average molecular weight is 396 g/mol. The first-order valence-corrected chi connectivity index (χ1v) is 8.63. The summed E-state index contributed by atoms with van der Waals surface area (Å²) < 4.78 is 0.903. The van der Waals surface area contributed by atoms with Gasteiger partial charge in [-0.25, -0.2) is 4.79 Å². The van der Waals surface area contributed by atoms with Crippen molar-refractivity contribution < 1.29 is 14.7 Å². The minimum Gasteiger partial charge on any atom is -0.479 e. The van der Waals surface area contributed by atoms with Gasteiger partial charge in [0.15, 0.2) is 0 Å². The molecule has 0 unspecified atom stereocenters. The van der Waals surface area contributed by atoms with E-state index in [-0.39, 0.29) is 6.42 Å². The zero-order chi connectivity index (χ0) is 17.6. The van der Waals surface area contributed by atoms with E-state index < -0.39 is 17.3 Å². The number of hydrogen-bond donors (Lipinski definition) is 2. The van der Waals surface area contributed by atoms with Crippen molar-refractivity contribution in [3.63, 3.8) is 0 Å². The maximum absolute atomic E-state index is 13.0. The fourth-order valence-corrected chi connectivity index (χ4v) is 3.62. The van der Waals surface area contributed by atoms with E-state index in [2.05, 4.69) is 21.2 Å². The fraction of sp³-hybridized carbons (Fsp3) is 0.100. The van der Waals surface area contributed by atoms with Crippen molar-refractivity contribution in [3.8, 4) is 0 Å². The summed E-state index contributed by atoms with van der Waals surface area (Å²) in [6.45, 7) is 0. The van der Waals surface area contributed by atoms with Gasteiger partial charge in [0.25, 0.3) is 0 Å². The number of hydrogen-bond acceptors (Lipinski definition) is 3. The molecule has 3 aromatic carbocycles. The molecule has 0 saturated carbocycles. The molecule has 0 aliphatic carbocycles. The normalized spacial score (nSPS) is 18.8. The number of aliphatic carboxylic acids is 1. The van der Waals surface area contributed by atoms with E-state index in [9.17, 15) is 14.7 Å². The van der Waals surface area contributed by atoms with Crippen LogP contribution < -0.4 is 5.32 Å². The SMILES string of the molecule is O=C(O)[C@]1(Cc2ccc(Br)cc2)Nc2c(ccc3ccccc23)C1=O. The van der Waals surface area contributed by atoms with E-state index in [4.69, 9.17) is 0 Å². The average Bonchev–Trinajstić information content (AvgIpc) is 2.91. The second kappa shape index (κ2) is 5.70. The highest BCUT2D eigenvalue weighted by Crippen LogP contribution is 2.39. The van der Waals surface area contributed by atoms with E-state index in [1.54, 1.807) is 6.07 Å². The molecule has 1 heterocycles. The highest BCUT2D eigenvalue weighted by molar-refractivity contribution is 9.10. The molecule has 2 N–H and O–H groups in total. The van der Waals surface area contributed by atoms with Crippen LogP contribution in [0.5, 0.6) is 0 Å². The van der Waals surface area contributed by atoms with Crippen molar-refractivity contribution in [2.24, 2.45) is 0 Å². The smallest absolute Gasteiger partial charge is 0.337 e. The van der Waals surface area contributed by atoms with Crippen LogP contribution in [0.4, 0.5) is 5.69 Å². The van der Waals surface area contributed by atoms with Crippen molar-refractivity contribution in [1.82, 2.24) is 0 Å². The number of anilines is 1. The number of nitrogens with one attached hydrogen (secondary N) is 1. The number of rotatable bonds is 3. The van der Waals surface area contributed by atoms with Gasteiger partial charge in [-0.2, -0.15) is 0 Å². The first-order chi connectivity index (χ1) is 12.0. The maximum Gasteiger partial charge on any atom is 0.337 e. The van der Waals surface area contributed by atoms with Crippen LogP contribution in [0, 0.1) is 0 Å². The van der Waals surface area contributed by atoms with Crippen molar-refractivity contribution in [1.29, 1.82) is 0 Å². The van der Waals surface area contributed by atoms with Gasteiger partial charge in [0.2, 0.25) is 11.3 Å². The van der Waals surface area contributed by atoms with Gasteiger partial charge in [-0.3, -0.25) is 4.79 Å². The van der Waals surface area contributed by atoms with Gasteiger partial charge < -0.3 is 10.4 Å². The summed E-state index contributed by atoms with van der Waals surface area (Å²) in [5.74, 6) is -1.57. The summed E-state index contributed by atoms with van der Waals surface area (Å²) in [6, 6.07) is 18.5. The Hall–Kier alpha value is -2.66. The van der Waals surface area contributed by atoms with Crippen LogP contribution >= 0.6 is 15.9 Å². The molecule has 0 spiro atoms. The number of fused-ring (bicyclic) bond motifs is 3. The Bertz CT molecular complexity index is 1010. The second-order valence-corrected chi connectivity index (χ2v) is 7.09. The van der Waals surface area contributed by atoms with Crippen LogP contribution in [0.2, 0.25) is 0 Å². The Labute approximate surface area is 152 Å². The molecule has 1 aliphatic rings. The first kappa shape index (κ1) is 15.8. The zero-order valence-electron chi connectivity index (χ0n) is 13.1. The second-order valence-electron chi connectivity index (χ2n) is 6.18. The van der Waals surface area contributed by atoms with Gasteiger partial charge in [0.1, 0.15) is 0 Å². The summed E-state index contributed by atoms with van der Waals surface area (Å²) in [5, 5.41) is 14.8. The summed E-state index contributed by atoms with van der Waals surface area (Å²) in [7, 11) is 0. The van der Waals surface area contributed by atoms with Crippen LogP contribution in [-0.4, -0.2) is 22.4 Å². The van der Waals surface area contributed by atoms with Gasteiger partial charge in [-0.15, -0.1) is 0 Å². The molecule has 1 atom stereocenters. The lowest BCUT2D eigenvalue weighted by atomic mass is 9.86. The third-order valence-corrected chi connectivity index (χ3v) is 5.18. The molecular weight excluding hydrogens is 382 g/mol. The topological polar surface area (TPSA) is 66.4 Å². The monoisotopic (exact) mass is 395 g/mol. The molecule has 0 bridgehead atoms. The summed E-state index contributed by atoms with van der Waals surface area (Å²) in [6.07, 6.45) is 0.0808. The molecule has 3 aromatic rings. The summed E-state index contributed by atoms with van der Waals surface area (Å²) in [4.78, 5) is 25.1. The number of ketones is 1. The fourth-order valence-electron chi connectivity index (χ4n) is 3.35. The molecule has 5 heteroatoms. The van der Waals surface area contributed by atoms with E-state index in [1.807, 2.05) is 54.6 Å². The van der Waals surface area contributed by atoms with Gasteiger partial charge >= 0.3 is 5.97 Å². The molecule has 4 rings (SSSR count). The lowest BCUT2D eigenvalue weighted by Crippen LogP contribution is -2.51. The van der Waals surface area contributed by atoms with Crippen LogP contribution in [-0.2, 0) is 11.2 Å². The molecule has 0 amide bonds. The number of carbonyl (C=O) groups excluding carboxylic acids is 1. The number of carboxylic acids is 1. The standard InChI is InChI=1S/C20H14BrNO3/c21-14-8-5-12(6-9-14)11-20(19(24)25)18(23)16-10-7-13-3-1-2-4-15(13)17(16)22-20/h1-10,22H,11H2,(H,24,25)/t20-/m1/s1. The Morgan fingerprint density at radius 3 is 2.48 bits per heavy atom. The molecule has 0 aromatic heterocycles. The third kappa shape index (κ3) is 2.43. The lowest BCUT2D eigenvalue weighted by Gasteiger charge is -2.24. The molecular formula is C20H14BrNO3. The minimum absolute atomic E-state index is 0.0808. The van der Waals surface area contributed by atoms with Crippen LogP contribution in [0.15, 0.2) is 65.1 Å². The Kier molecular flexibility index (Phi) is 3.62. The van der Waals surface area contributed by atoms with E-state index in [1.165, 1.54) is 0 Å². The molecule has 1 aliphatic heterocycles. The lowest BCUT2D eigenvalue weighted by molar-refractivity contribution is -0.140. The van der Waals surface area contributed by atoms with Crippen LogP contribution in [0.1, 0.15) is 15.9 Å². The predicted molar refractivity (Wildman–Crippen MR) is 100 cm³/mol. The quantitative estimate of drug-likeness (QED) is 0.649. The van der Waals surface area contributed by atoms with Crippen LogP contribution in [0.25, 0.3) is 10.8 Å². The van der Waals surface area contributed by atoms with E-state index in [0.29, 0.717) is 11.3 Å². The Balaban J connectivity index is 1.84. The van der Waals surface area contributed by atoms with Gasteiger partial charge in [-0.1, -0.05) is 58.4 Å². The van der Waals surface area contributed by atoms with E-state index in [0.717, 1.165) is 20.8 Å². The Morgan fingerprint density at radius 2 is 1.76 bits per heavy atom. The number of carboxylic acid groups (broad SMARTS) is 1. The van der Waals surface area contributed by atoms with Crippen molar-refractivity contribution in [2.45, 2.75) is 12.0 Å². The number of benzene rings is 3. The zero-order valence-corrected chi connectivity index (χ0v) is 14.7. The predicted octanol–water partition coefficient (Wildman–Crippen LogP) is 4.28. The van der Waals surface area contributed by atoms with Gasteiger partial charge in [0.05, 0.1) is 5.69 Å². The number of halogens is 1. The molecule has 0 fully saturated rings. The summed E-state index contributed by atoms with van der Waals surface area (Å²) in [5.41, 5.74) is 0.129. The molecule has 0 radical (unpaired) electrons. The molecule has 124 valence electrons. The van der Waals surface area contributed by atoms with Gasteiger partial charge in [-0.05, 0) is 29.1 Å². The highest BCUT2D eigenvalue weighted by Gasteiger charge is 2.52.